The highest BCUT2D eigenvalue weighted by Crippen LogP contribution is 2.46. The van der Waals surface area contributed by atoms with Gasteiger partial charge in [0.05, 0.1) is 6.07 Å². The average molecular weight is 415 g/mol. The lowest BCUT2D eigenvalue weighted by Gasteiger charge is -2.55. The van der Waals surface area contributed by atoms with Crippen LogP contribution in [0, 0.1) is 11.3 Å². The lowest BCUT2D eigenvalue weighted by molar-refractivity contribution is -0.192. The Morgan fingerprint density at radius 1 is 1.56 bits per heavy atom. The second-order valence-electron chi connectivity index (χ2n) is 5.55. The van der Waals surface area contributed by atoms with Crippen molar-refractivity contribution in [1.82, 2.24) is 10.2 Å². The number of fused-ring (bicyclic) bond motifs is 1. The number of carbonyl (C=O) groups is 4. The summed E-state index contributed by atoms with van der Waals surface area (Å²) in [6, 6.07) is 1.81. The van der Waals surface area contributed by atoms with E-state index in [4.69, 9.17) is 14.7 Å². The Hall–Kier alpha value is -2.23. The fourth-order valence-corrected chi connectivity index (χ4v) is 4.51. The molecule has 2 amide bonds. The number of nitrogens with zero attached hydrogens (tertiary/aromatic N) is 2. The van der Waals surface area contributed by atoms with Gasteiger partial charge in [-0.15, -0.1) is 23.5 Å². The van der Waals surface area contributed by atoms with Gasteiger partial charge in [-0.2, -0.15) is 5.26 Å². The molecule has 0 spiro atoms. The Bertz CT molecular complexity index is 763. The number of thioether (sulfide) groups is 2. The first-order chi connectivity index (χ1) is 12.7. The van der Waals surface area contributed by atoms with Gasteiger partial charge in [-0.25, -0.2) is 4.79 Å². The number of rotatable bonds is 7. The lowest BCUT2D eigenvalue weighted by atomic mass is 9.98. The van der Waals surface area contributed by atoms with Gasteiger partial charge in [-0.3, -0.25) is 19.3 Å². The molecule has 0 bridgehead atoms. The van der Waals surface area contributed by atoms with E-state index in [0.717, 1.165) is 28.4 Å². The number of methoxy groups -OCH3 is 1. The fraction of sp³-hybridized carbons (Fsp3) is 0.533. The van der Waals surface area contributed by atoms with Gasteiger partial charge in [0, 0.05) is 25.4 Å². The predicted molar refractivity (Wildman–Crippen MR) is 95.2 cm³/mol. The average Bonchev–Trinajstić information content (AvgIpc) is 2.63. The van der Waals surface area contributed by atoms with Crippen molar-refractivity contribution in [2.75, 3.05) is 25.7 Å². The monoisotopic (exact) mass is 415 g/mol. The molecule has 12 heteroatoms. The van der Waals surface area contributed by atoms with E-state index in [2.05, 4.69) is 5.32 Å². The van der Waals surface area contributed by atoms with Crippen molar-refractivity contribution in [3.8, 4) is 6.07 Å². The van der Waals surface area contributed by atoms with Crippen LogP contribution >= 0.6 is 23.5 Å². The van der Waals surface area contributed by atoms with Crippen molar-refractivity contribution in [2.24, 2.45) is 0 Å². The Morgan fingerprint density at radius 2 is 2.22 bits per heavy atom. The highest BCUT2D eigenvalue weighted by molar-refractivity contribution is 8.00. The summed E-state index contributed by atoms with van der Waals surface area (Å²) in [4.78, 5) is 48.7. The number of hydrogen-bond donors (Lipinski definition) is 2. The molecule has 2 aliphatic rings. The molecule has 2 aliphatic heterocycles. The van der Waals surface area contributed by atoms with Crippen LogP contribution in [0.15, 0.2) is 11.3 Å². The van der Waals surface area contributed by atoms with E-state index in [1.54, 1.807) is 12.3 Å². The fourth-order valence-electron chi connectivity index (χ4n) is 2.71. The molecule has 0 saturated carbocycles. The maximum atomic E-state index is 12.8. The summed E-state index contributed by atoms with van der Waals surface area (Å²) in [5.74, 6) is -3.24. The third-order valence-corrected chi connectivity index (χ3v) is 6.15. The molecule has 0 aromatic heterocycles. The molecular formula is C15H17N3O7S2. The summed E-state index contributed by atoms with van der Waals surface area (Å²) in [6.07, 6.45) is 1.57. The lowest BCUT2D eigenvalue weighted by Crippen LogP contribution is -2.81. The Labute approximate surface area is 163 Å². The highest BCUT2D eigenvalue weighted by Gasteiger charge is 2.66. The minimum absolute atomic E-state index is 0.161. The first-order valence-electron chi connectivity index (χ1n) is 7.57. The van der Waals surface area contributed by atoms with Gasteiger partial charge in [0.2, 0.25) is 5.91 Å². The van der Waals surface area contributed by atoms with Crippen LogP contribution in [0.3, 0.4) is 0 Å². The van der Waals surface area contributed by atoms with Gasteiger partial charge >= 0.3 is 11.9 Å². The van der Waals surface area contributed by atoms with Crippen molar-refractivity contribution in [1.29, 1.82) is 5.26 Å². The standard InChI is InChI=1S/C15H17N3O7S2/c1-7(19)25-5-8-6-27-14-15(24-2,17-11(20)9(4-16)26-3)13(23)18(14)10(8)12(21)22/h9,14H,5-6H2,1-3H3,(H,17,20)(H,21,22)/t9?,14-,15-/m0/s1. The van der Waals surface area contributed by atoms with Gasteiger partial charge in [-0.05, 0) is 6.26 Å². The number of ether oxygens (including phenoxy) is 2. The summed E-state index contributed by atoms with van der Waals surface area (Å²) >= 11 is 2.16. The normalized spacial score (nSPS) is 25.0. The number of carboxylic acids is 1. The quantitative estimate of drug-likeness (QED) is 0.317. The third-order valence-electron chi connectivity index (χ3n) is 3.98. The molecule has 2 rings (SSSR count). The van der Waals surface area contributed by atoms with Crippen LogP contribution in [0.2, 0.25) is 0 Å². The van der Waals surface area contributed by atoms with Crippen LogP contribution < -0.4 is 5.32 Å². The summed E-state index contributed by atoms with van der Waals surface area (Å²) in [5.41, 5.74) is -1.80. The minimum atomic E-state index is -1.76. The van der Waals surface area contributed by atoms with E-state index < -0.39 is 40.1 Å². The van der Waals surface area contributed by atoms with Crippen LogP contribution in [0.5, 0.6) is 0 Å². The number of carboxylic acid groups (broad SMARTS) is 1. The number of esters is 1. The second kappa shape index (κ2) is 8.20. The summed E-state index contributed by atoms with van der Waals surface area (Å²) < 4.78 is 10.1. The SMILES string of the molecule is CO[C@@]1(NC(=O)C(C#N)SC)C(=O)N2C(C(=O)O)=C(COC(C)=O)CS[C@H]21. The van der Waals surface area contributed by atoms with Gasteiger partial charge in [-0.1, -0.05) is 0 Å². The van der Waals surface area contributed by atoms with Gasteiger partial charge in [0.15, 0.2) is 5.25 Å². The van der Waals surface area contributed by atoms with Crippen LogP contribution in [0.4, 0.5) is 0 Å². The number of nitrogens with one attached hydrogen (secondary N) is 1. The van der Waals surface area contributed by atoms with E-state index in [0.29, 0.717) is 0 Å². The van der Waals surface area contributed by atoms with Crippen molar-refractivity contribution in [2.45, 2.75) is 23.3 Å². The maximum absolute atomic E-state index is 12.8. The topological polar surface area (TPSA) is 146 Å². The van der Waals surface area contributed by atoms with Crippen LogP contribution in [0.25, 0.3) is 0 Å². The van der Waals surface area contributed by atoms with Crippen molar-refractivity contribution in [3.05, 3.63) is 11.3 Å². The Kier molecular flexibility index (Phi) is 6.40. The molecule has 1 unspecified atom stereocenters. The van der Waals surface area contributed by atoms with Crippen molar-refractivity contribution in [3.63, 3.8) is 0 Å². The Balaban J connectivity index is 2.32. The molecule has 2 N–H and O–H groups in total. The van der Waals surface area contributed by atoms with Gasteiger partial charge in [0.25, 0.3) is 11.6 Å². The second-order valence-corrected chi connectivity index (χ2v) is 7.56. The van der Waals surface area contributed by atoms with Gasteiger partial charge in [0.1, 0.15) is 17.7 Å². The molecule has 0 aromatic rings. The largest absolute Gasteiger partial charge is 0.477 e. The zero-order valence-corrected chi connectivity index (χ0v) is 16.3. The van der Waals surface area contributed by atoms with Crippen molar-refractivity contribution >= 4 is 47.3 Å². The molecule has 10 nitrogen and oxygen atoms in total. The molecule has 1 fully saturated rings. The van der Waals surface area contributed by atoms with E-state index in [1.807, 2.05) is 0 Å². The molecule has 3 atom stereocenters. The van der Waals surface area contributed by atoms with E-state index in [-0.39, 0.29) is 23.6 Å². The number of carbonyl (C=O) groups excluding carboxylic acids is 3. The summed E-state index contributed by atoms with van der Waals surface area (Å²) in [7, 11) is 1.22. The molecule has 0 aliphatic carbocycles. The maximum Gasteiger partial charge on any atom is 0.352 e. The zero-order valence-electron chi connectivity index (χ0n) is 14.7. The number of amides is 2. The van der Waals surface area contributed by atoms with Crippen LogP contribution in [-0.4, -0.2) is 75.8 Å². The number of aliphatic carboxylic acids is 1. The molecule has 146 valence electrons. The zero-order chi connectivity index (χ0) is 20.4. The smallest absolute Gasteiger partial charge is 0.352 e. The number of β-lactam (4-membered cyclic amide) rings is 1. The molecule has 1 saturated heterocycles. The first-order valence-corrected chi connectivity index (χ1v) is 9.90. The van der Waals surface area contributed by atoms with Crippen LogP contribution in [-0.2, 0) is 28.7 Å². The van der Waals surface area contributed by atoms with E-state index in [9.17, 15) is 24.3 Å². The van der Waals surface area contributed by atoms with Crippen LogP contribution in [0.1, 0.15) is 6.92 Å². The number of nitriles is 1. The summed E-state index contributed by atoms with van der Waals surface area (Å²) in [5, 5.41) is 19.1. The summed E-state index contributed by atoms with van der Waals surface area (Å²) in [6.45, 7) is 0.938. The minimum Gasteiger partial charge on any atom is -0.477 e. The first kappa shape index (κ1) is 21.1. The third kappa shape index (κ3) is 3.62. The predicted octanol–water partition coefficient (Wildman–Crippen LogP) is -0.483. The Morgan fingerprint density at radius 3 is 2.70 bits per heavy atom. The van der Waals surface area contributed by atoms with E-state index in [1.165, 1.54) is 14.0 Å². The van der Waals surface area contributed by atoms with Gasteiger partial charge < -0.3 is 19.9 Å². The molecule has 0 aromatic carbocycles. The molecule has 27 heavy (non-hydrogen) atoms. The van der Waals surface area contributed by atoms with Crippen molar-refractivity contribution < 1.29 is 33.8 Å². The molecule has 2 heterocycles. The number of hydrogen-bond acceptors (Lipinski definition) is 9. The van der Waals surface area contributed by atoms with E-state index >= 15 is 0 Å². The highest BCUT2D eigenvalue weighted by atomic mass is 32.2. The molecule has 0 radical (unpaired) electrons. The molecular weight excluding hydrogens is 398 g/mol.